The number of hydroxylamine groups is 1. The molecule has 1 N–H and O–H groups in total. The van der Waals surface area contributed by atoms with E-state index in [1.165, 1.54) is 0 Å². The van der Waals surface area contributed by atoms with Gasteiger partial charge in [-0.15, -0.1) is 0 Å². The van der Waals surface area contributed by atoms with E-state index >= 15 is 0 Å². The molecular formula is C11H13NO4. The topological polar surface area (TPSA) is 64.6 Å². The summed E-state index contributed by atoms with van der Waals surface area (Å²) < 4.78 is 4.94. The van der Waals surface area contributed by atoms with Gasteiger partial charge in [0.2, 0.25) is 6.41 Å². The fraction of sp³-hybridized carbons (Fsp3) is 0.273. The van der Waals surface area contributed by atoms with Crippen LogP contribution in [-0.2, 0) is 20.8 Å². The number of methoxy groups -OCH3 is 1. The SMILES string of the molecule is COCCc1cccc(C(=O)ONC=O)c1. The van der Waals surface area contributed by atoms with Crippen LogP contribution in [0, 0.1) is 0 Å². The van der Waals surface area contributed by atoms with Gasteiger partial charge in [-0.25, -0.2) is 4.79 Å². The van der Waals surface area contributed by atoms with Crippen molar-refractivity contribution >= 4 is 12.4 Å². The molecule has 5 heteroatoms. The van der Waals surface area contributed by atoms with Crippen LogP contribution in [0.2, 0.25) is 0 Å². The summed E-state index contributed by atoms with van der Waals surface area (Å²) in [5, 5.41) is 0. The van der Waals surface area contributed by atoms with Crippen LogP contribution < -0.4 is 5.48 Å². The van der Waals surface area contributed by atoms with Crippen molar-refractivity contribution in [3.8, 4) is 0 Å². The van der Waals surface area contributed by atoms with E-state index in [0.717, 1.165) is 12.0 Å². The van der Waals surface area contributed by atoms with Crippen molar-refractivity contribution < 1.29 is 19.2 Å². The van der Waals surface area contributed by atoms with Gasteiger partial charge in [0, 0.05) is 7.11 Å². The first-order valence-corrected chi connectivity index (χ1v) is 4.76. The number of hydrogen-bond donors (Lipinski definition) is 1. The fourth-order valence-corrected chi connectivity index (χ4v) is 1.21. The van der Waals surface area contributed by atoms with Crippen LogP contribution in [0.15, 0.2) is 24.3 Å². The van der Waals surface area contributed by atoms with E-state index in [9.17, 15) is 9.59 Å². The maximum atomic E-state index is 11.4. The summed E-state index contributed by atoms with van der Waals surface area (Å²) in [4.78, 5) is 25.7. The summed E-state index contributed by atoms with van der Waals surface area (Å²) in [7, 11) is 1.62. The van der Waals surface area contributed by atoms with Crippen molar-refractivity contribution in [1.29, 1.82) is 0 Å². The Bertz CT molecular complexity index is 365. The third kappa shape index (κ3) is 3.70. The molecule has 0 heterocycles. The maximum Gasteiger partial charge on any atom is 0.362 e. The summed E-state index contributed by atoms with van der Waals surface area (Å²) in [5.74, 6) is -0.591. The highest BCUT2D eigenvalue weighted by atomic mass is 16.7. The zero-order valence-electron chi connectivity index (χ0n) is 8.93. The Balaban J connectivity index is 2.65. The fourth-order valence-electron chi connectivity index (χ4n) is 1.21. The number of carbonyl (C=O) groups excluding carboxylic acids is 2. The van der Waals surface area contributed by atoms with Gasteiger partial charge >= 0.3 is 5.97 Å². The van der Waals surface area contributed by atoms with Gasteiger partial charge < -0.3 is 9.57 Å². The molecule has 0 aromatic heterocycles. The minimum absolute atomic E-state index is 0.298. The van der Waals surface area contributed by atoms with E-state index in [1.54, 1.807) is 25.3 Å². The Hall–Kier alpha value is -1.88. The molecule has 0 unspecified atom stereocenters. The summed E-state index contributed by atoms with van der Waals surface area (Å²) in [6.07, 6.45) is 1.02. The number of amides is 1. The molecule has 0 saturated heterocycles. The Kier molecular flexibility index (Phi) is 5.01. The second-order valence-corrected chi connectivity index (χ2v) is 3.07. The van der Waals surface area contributed by atoms with Gasteiger partial charge in [0.05, 0.1) is 12.2 Å². The second-order valence-electron chi connectivity index (χ2n) is 3.07. The Labute approximate surface area is 93.3 Å². The molecule has 0 saturated carbocycles. The maximum absolute atomic E-state index is 11.4. The average molecular weight is 223 g/mol. The molecule has 0 fully saturated rings. The molecular weight excluding hydrogens is 210 g/mol. The molecule has 0 aliphatic rings. The normalized spacial score (nSPS) is 9.56. The molecule has 1 rings (SSSR count). The third-order valence-corrected chi connectivity index (χ3v) is 1.96. The van der Waals surface area contributed by atoms with Crippen LogP contribution in [0.1, 0.15) is 15.9 Å². The summed E-state index contributed by atoms with van der Waals surface area (Å²) in [6.45, 7) is 0.588. The van der Waals surface area contributed by atoms with Gasteiger partial charge in [0.15, 0.2) is 0 Å². The standard InChI is InChI=1S/C11H13NO4/c1-15-6-5-9-3-2-4-10(7-9)11(14)16-12-8-13/h2-4,7-8H,5-6H2,1H3,(H,12,13). The van der Waals surface area contributed by atoms with Crippen molar-refractivity contribution in [3.63, 3.8) is 0 Å². The molecule has 0 spiro atoms. The van der Waals surface area contributed by atoms with Crippen molar-refractivity contribution in [3.05, 3.63) is 35.4 Å². The van der Waals surface area contributed by atoms with E-state index in [1.807, 2.05) is 11.5 Å². The molecule has 5 nitrogen and oxygen atoms in total. The Morgan fingerprint density at radius 2 is 2.31 bits per heavy atom. The molecule has 0 bridgehead atoms. The van der Waals surface area contributed by atoms with Crippen molar-refractivity contribution in [1.82, 2.24) is 5.48 Å². The molecule has 1 amide bonds. The zero-order chi connectivity index (χ0) is 11.8. The summed E-state index contributed by atoms with van der Waals surface area (Å²) in [6, 6.07) is 6.96. The molecule has 0 aliphatic carbocycles. The predicted octanol–water partition coefficient (Wildman–Crippen LogP) is 0.693. The lowest BCUT2D eigenvalue weighted by atomic mass is 10.1. The predicted molar refractivity (Wildman–Crippen MR) is 56.6 cm³/mol. The lowest BCUT2D eigenvalue weighted by Gasteiger charge is -2.04. The lowest BCUT2D eigenvalue weighted by molar-refractivity contribution is -0.117. The van der Waals surface area contributed by atoms with Crippen molar-refractivity contribution in [2.24, 2.45) is 0 Å². The molecule has 0 aliphatic heterocycles. The van der Waals surface area contributed by atoms with Gasteiger partial charge in [-0.05, 0) is 24.1 Å². The number of benzene rings is 1. The quantitative estimate of drug-likeness (QED) is 0.569. The van der Waals surface area contributed by atoms with Crippen LogP contribution in [0.5, 0.6) is 0 Å². The van der Waals surface area contributed by atoms with Crippen molar-refractivity contribution in [2.45, 2.75) is 6.42 Å². The van der Waals surface area contributed by atoms with E-state index in [2.05, 4.69) is 4.84 Å². The number of ether oxygens (including phenoxy) is 1. The first-order valence-electron chi connectivity index (χ1n) is 4.76. The Morgan fingerprint density at radius 3 is 3.00 bits per heavy atom. The third-order valence-electron chi connectivity index (χ3n) is 1.96. The minimum Gasteiger partial charge on any atom is -0.384 e. The molecule has 1 aromatic rings. The van der Waals surface area contributed by atoms with Crippen LogP contribution in [-0.4, -0.2) is 26.1 Å². The molecule has 16 heavy (non-hydrogen) atoms. The summed E-state index contributed by atoms with van der Waals surface area (Å²) in [5.41, 5.74) is 3.22. The first kappa shape index (κ1) is 12.2. The van der Waals surface area contributed by atoms with Gasteiger partial charge in [0.25, 0.3) is 0 Å². The molecule has 0 radical (unpaired) electrons. The lowest BCUT2D eigenvalue weighted by Crippen LogP contribution is -2.18. The highest BCUT2D eigenvalue weighted by Gasteiger charge is 2.07. The van der Waals surface area contributed by atoms with E-state index in [0.29, 0.717) is 18.6 Å². The smallest absolute Gasteiger partial charge is 0.362 e. The molecule has 86 valence electrons. The van der Waals surface area contributed by atoms with Gasteiger partial charge in [-0.2, -0.15) is 5.48 Å². The van der Waals surface area contributed by atoms with Gasteiger partial charge in [-0.3, -0.25) is 4.79 Å². The first-order chi connectivity index (χ1) is 7.77. The van der Waals surface area contributed by atoms with Crippen LogP contribution in [0.3, 0.4) is 0 Å². The van der Waals surface area contributed by atoms with Gasteiger partial charge in [0.1, 0.15) is 0 Å². The van der Waals surface area contributed by atoms with Crippen LogP contribution >= 0.6 is 0 Å². The minimum atomic E-state index is -0.591. The molecule has 1 aromatic carbocycles. The van der Waals surface area contributed by atoms with Crippen LogP contribution in [0.25, 0.3) is 0 Å². The number of carbonyl (C=O) groups is 2. The second kappa shape index (κ2) is 6.58. The van der Waals surface area contributed by atoms with E-state index in [4.69, 9.17) is 4.74 Å². The Morgan fingerprint density at radius 1 is 1.50 bits per heavy atom. The number of rotatable bonds is 6. The summed E-state index contributed by atoms with van der Waals surface area (Å²) >= 11 is 0. The van der Waals surface area contributed by atoms with Gasteiger partial charge in [-0.1, -0.05) is 12.1 Å². The monoisotopic (exact) mass is 223 g/mol. The van der Waals surface area contributed by atoms with E-state index < -0.39 is 5.97 Å². The zero-order valence-corrected chi connectivity index (χ0v) is 8.93. The highest BCUT2D eigenvalue weighted by Crippen LogP contribution is 2.07. The average Bonchev–Trinajstić information content (AvgIpc) is 2.33. The van der Waals surface area contributed by atoms with Crippen LogP contribution in [0.4, 0.5) is 0 Å². The largest absolute Gasteiger partial charge is 0.384 e. The molecule has 0 atom stereocenters. The number of nitrogens with one attached hydrogen (secondary N) is 1. The highest BCUT2D eigenvalue weighted by molar-refractivity contribution is 5.89. The van der Waals surface area contributed by atoms with Crippen molar-refractivity contribution in [2.75, 3.05) is 13.7 Å². The number of hydrogen-bond acceptors (Lipinski definition) is 4. The van der Waals surface area contributed by atoms with E-state index in [-0.39, 0.29) is 0 Å².